The minimum absolute atomic E-state index is 0.122. The Hall–Kier alpha value is -1.23. The molecule has 0 amide bonds. The summed E-state index contributed by atoms with van der Waals surface area (Å²) in [6, 6.07) is 13.0. The normalized spacial score (nSPS) is 12.0. The summed E-state index contributed by atoms with van der Waals surface area (Å²) in [5, 5.41) is 10.4. The molecule has 0 aliphatic heterocycles. The Morgan fingerprint density at radius 3 is 2.54 bits per heavy atom. The second-order valence-electron chi connectivity index (χ2n) is 7.08. The highest BCUT2D eigenvalue weighted by Crippen LogP contribution is 2.35. The van der Waals surface area contributed by atoms with E-state index in [0.717, 1.165) is 32.7 Å². The van der Waals surface area contributed by atoms with Crippen LogP contribution in [0.4, 0.5) is 0 Å². The van der Waals surface area contributed by atoms with Gasteiger partial charge < -0.3 is 5.11 Å². The van der Waals surface area contributed by atoms with E-state index in [9.17, 15) is 5.11 Å². The third kappa shape index (κ3) is 3.71. The molecule has 2 aromatic heterocycles. The van der Waals surface area contributed by atoms with Crippen molar-refractivity contribution < 1.29 is 5.11 Å². The summed E-state index contributed by atoms with van der Waals surface area (Å²) in [6.45, 7) is 6.89. The van der Waals surface area contributed by atoms with Crippen LogP contribution in [0.15, 0.2) is 40.2 Å². The number of aromatic nitrogens is 1. The number of aliphatic hydroxyl groups is 1. The summed E-state index contributed by atoms with van der Waals surface area (Å²) in [5.41, 5.74) is 4.70. The van der Waals surface area contributed by atoms with Gasteiger partial charge in [0.25, 0.3) is 0 Å². The van der Waals surface area contributed by atoms with Crippen LogP contribution in [0, 0.1) is 0 Å². The second kappa shape index (κ2) is 6.95. The maximum atomic E-state index is 9.23. The van der Waals surface area contributed by atoms with Gasteiger partial charge in [0.15, 0.2) is 0 Å². The predicted octanol–water partition coefficient (Wildman–Crippen LogP) is 5.95. The smallest absolute Gasteiger partial charge is 0.0841 e. The highest BCUT2D eigenvalue weighted by Gasteiger charge is 2.16. The molecule has 0 aliphatic rings. The molecule has 126 valence electrons. The zero-order chi connectivity index (χ0) is 17.3. The number of aliphatic hydroxyl groups excluding tert-OH is 1. The van der Waals surface area contributed by atoms with Crippen LogP contribution in [-0.2, 0) is 11.8 Å². The Kier molecular flexibility index (Phi) is 5.09. The van der Waals surface area contributed by atoms with E-state index in [1.165, 1.54) is 16.5 Å². The molecule has 3 rings (SSSR count). The fourth-order valence-corrected chi connectivity index (χ4v) is 4.21. The van der Waals surface area contributed by atoms with Crippen LogP contribution >= 0.6 is 27.3 Å². The molecule has 0 atom stereocenters. The Morgan fingerprint density at radius 2 is 1.92 bits per heavy atom. The van der Waals surface area contributed by atoms with Crippen LogP contribution in [-0.4, -0.2) is 16.7 Å². The molecule has 0 radical (unpaired) electrons. The van der Waals surface area contributed by atoms with E-state index in [-0.39, 0.29) is 12.0 Å². The molecule has 2 nitrogen and oxygen atoms in total. The Morgan fingerprint density at radius 1 is 1.12 bits per heavy atom. The van der Waals surface area contributed by atoms with Gasteiger partial charge in [-0.3, -0.25) is 0 Å². The molecule has 0 saturated carbocycles. The van der Waals surface area contributed by atoms with Crippen molar-refractivity contribution in [3.8, 4) is 10.6 Å². The quantitative estimate of drug-likeness (QED) is 0.583. The number of rotatable bonds is 4. The van der Waals surface area contributed by atoms with Crippen LogP contribution in [0.2, 0.25) is 0 Å². The summed E-state index contributed by atoms with van der Waals surface area (Å²) in [4.78, 5) is 6.11. The largest absolute Gasteiger partial charge is 0.396 e. The van der Waals surface area contributed by atoms with Gasteiger partial charge in [0.1, 0.15) is 0 Å². The lowest BCUT2D eigenvalue weighted by Crippen LogP contribution is -2.10. The monoisotopic (exact) mass is 403 g/mol. The average Bonchev–Trinajstić information content (AvgIpc) is 2.97. The number of nitrogens with zero attached hydrogens (tertiary/aromatic N) is 1. The second-order valence-corrected chi connectivity index (χ2v) is 9.55. The first-order valence-corrected chi connectivity index (χ1v) is 9.80. The highest BCUT2D eigenvalue weighted by atomic mass is 79.9. The van der Waals surface area contributed by atoms with Crippen molar-refractivity contribution in [3.63, 3.8) is 0 Å². The maximum absolute atomic E-state index is 9.23. The molecule has 0 bridgehead atoms. The molecule has 4 heteroatoms. The van der Waals surface area contributed by atoms with E-state index < -0.39 is 0 Å². The van der Waals surface area contributed by atoms with Crippen molar-refractivity contribution in [2.24, 2.45) is 0 Å². The fourth-order valence-electron chi connectivity index (χ4n) is 2.80. The molecule has 0 fully saturated rings. The Bertz CT molecular complexity index is 864. The first kappa shape index (κ1) is 17.6. The van der Waals surface area contributed by atoms with Gasteiger partial charge in [-0.15, -0.1) is 11.3 Å². The fraction of sp³-hybridized carbons (Fsp3) is 0.350. The zero-order valence-electron chi connectivity index (χ0n) is 14.3. The lowest BCUT2D eigenvalue weighted by atomic mass is 9.86. The maximum Gasteiger partial charge on any atom is 0.0841 e. The minimum atomic E-state index is 0.122. The molecular weight excluding hydrogens is 382 g/mol. The van der Waals surface area contributed by atoms with Gasteiger partial charge in [-0.05, 0) is 75.6 Å². The molecule has 1 aromatic carbocycles. The molecule has 0 unspecified atom stereocenters. The van der Waals surface area contributed by atoms with Crippen molar-refractivity contribution in [1.82, 2.24) is 4.98 Å². The number of benzene rings is 1. The predicted molar refractivity (Wildman–Crippen MR) is 107 cm³/mol. The average molecular weight is 404 g/mol. The molecular formula is C20H22BrNOS. The van der Waals surface area contributed by atoms with Gasteiger partial charge in [-0.2, -0.15) is 0 Å². The molecule has 0 saturated heterocycles. The van der Waals surface area contributed by atoms with Crippen molar-refractivity contribution in [1.29, 1.82) is 0 Å². The lowest BCUT2D eigenvalue weighted by molar-refractivity contribution is 0.288. The molecule has 0 spiro atoms. The highest BCUT2D eigenvalue weighted by molar-refractivity contribution is 9.11. The molecule has 2 heterocycles. The van der Waals surface area contributed by atoms with E-state index in [4.69, 9.17) is 4.98 Å². The van der Waals surface area contributed by atoms with E-state index >= 15 is 0 Å². The van der Waals surface area contributed by atoms with Crippen LogP contribution in [0.1, 0.15) is 38.3 Å². The van der Waals surface area contributed by atoms with Crippen molar-refractivity contribution in [2.45, 2.75) is 39.0 Å². The Labute approximate surface area is 155 Å². The van der Waals surface area contributed by atoms with E-state index in [1.54, 1.807) is 11.3 Å². The van der Waals surface area contributed by atoms with Crippen LogP contribution in [0.5, 0.6) is 0 Å². The van der Waals surface area contributed by atoms with Crippen LogP contribution < -0.4 is 0 Å². The van der Waals surface area contributed by atoms with Gasteiger partial charge in [0, 0.05) is 12.0 Å². The number of halogens is 1. The summed E-state index contributed by atoms with van der Waals surface area (Å²) in [5.74, 6) is 0. The summed E-state index contributed by atoms with van der Waals surface area (Å²) in [6.07, 6.45) is 1.59. The number of fused-ring (bicyclic) bond motifs is 1. The summed E-state index contributed by atoms with van der Waals surface area (Å²) in [7, 11) is 0. The van der Waals surface area contributed by atoms with Crippen LogP contribution in [0.3, 0.4) is 0 Å². The standard InChI is InChI=1S/C20H22BrNOS/c1-20(2,3)15-6-7-16-14(12-15)11-13(5-4-10-23)19(22-16)17-8-9-18(21)24-17/h6-9,11-12,23H,4-5,10H2,1-3H3. The van der Waals surface area contributed by atoms with E-state index in [0.29, 0.717) is 0 Å². The number of aryl methyl sites for hydroxylation is 1. The van der Waals surface area contributed by atoms with Crippen molar-refractivity contribution >= 4 is 38.2 Å². The van der Waals surface area contributed by atoms with Gasteiger partial charge in [-0.25, -0.2) is 4.98 Å². The minimum Gasteiger partial charge on any atom is -0.396 e. The summed E-state index contributed by atoms with van der Waals surface area (Å²) < 4.78 is 1.11. The third-order valence-electron chi connectivity index (χ3n) is 4.17. The lowest BCUT2D eigenvalue weighted by Gasteiger charge is -2.20. The topological polar surface area (TPSA) is 33.1 Å². The van der Waals surface area contributed by atoms with E-state index in [2.05, 4.69) is 73.1 Å². The van der Waals surface area contributed by atoms with Crippen LogP contribution in [0.25, 0.3) is 21.5 Å². The van der Waals surface area contributed by atoms with Gasteiger partial charge in [-0.1, -0.05) is 26.8 Å². The first-order valence-electron chi connectivity index (χ1n) is 8.19. The SMILES string of the molecule is CC(C)(C)c1ccc2nc(-c3ccc(Br)s3)c(CCCO)cc2c1. The number of hydrogen-bond acceptors (Lipinski definition) is 3. The molecule has 1 N–H and O–H groups in total. The number of pyridine rings is 1. The van der Waals surface area contributed by atoms with Gasteiger partial charge in [0.05, 0.1) is 19.9 Å². The van der Waals surface area contributed by atoms with Gasteiger partial charge in [0.2, 0.25) is 0 Å². The zero-order valence-corrected chi connectivity index (χ0v) is 16.7. The number of hydrogen-bond donors (Lipinski definition) is 1. The Balaban J connectivity index is 2.16. The molecule has 3 aromatic rings. The van der Waals surface area contributed by atoms with Crippen molar-refractivity contribution in [2.75, 3.05) is 6.61 Å². The third-order valence-corrected chi connectivity index (χ3v) is 5.80. The molecule has 0 aliphatic carbocycles. The number of thiophene rings is 1. The van der Waals surface area contributed by atoms with E-state index in [1.807, 2.05) is 0 Å². The summed E-state index contributed by atoms with van der Waals surface area (Å²) >= 11 is 5.23. The molecule has 24 heavy (non-hydrogen) atoms. The van der Waals surface area contributed by atoms with Gasteiger partial charge >= 0.3 is 0 Å². The first-order chi connectivity index (χ1) is 11.4. The van der Waals surface area contributed by atoms with Crippen molar-refractivity contribution in [3.05, 3.63) is 51.3 Å².